The fraction of sp³-hybridized carbons (Fsp3) is 0.333. The van der Waals surface area contributed by atoms with Crippen molar-refractivity contribution in [1.82, 2.24) is 0 Å². The Morgan fingerprint density at radius 3 is 2.94 bits per heavy atom. The predicted molar refractivity (Wildman–Crippen MR) is 65.0 cm³/mol. The number of carbonyl (C=O) groups excluding carboxylic acids is 2. The van der Waals surface area contributed by atoms with Crippen molar-refractivity contribution in [3.63, 3.8) is 0 Å². The summed E-state index contributed by atoms with van der Waals surface area (Å²) in [5.74, 6) is -0.502. The lowest BCUT2D eigenvalue weighted by atomic mass is 10.1. The lowest BCUT2D eigenvalue weighted by Crippen LogP contribution is -2.40. The van der Waals surface area contributed by atoms with Crippen molar-refractivity contribution < 1.29 is 18.7 Å². The zero-order chi connectivity index (χ0) is 13.1. The molecule has 4 nitrogen and oxygen atoms in total. The standard InChI is InChI=1S/C12H11ClFNO3/c13-2-1-3-15-10-5-8(6-16)4-9(14)12(10)18-7-11(15)17/h4-6H,1-3,7H2. The van der Waals surface area contributed by atoms with Gasteiger partial charge in [-0.2, -0.15) is 0 Å². The van der Waals surface area contributed by atoms with E-state index in [1.54, 1.807) is 0 Å². The molecule has 1 aliphatic rings. The molecule has 0 radical (unpaired) electrons. The van der Waals surface area contributed by atoms with Crippen molar-refractivity contribution in [3.8, 4) is 5.75 Å². The Morgan fingerprint density at radius 1 is 1.50 bits per heavy atom. The molecule has 1 aromatic carbocycles. The summed E-state index contributed by atoms with van der Waals surface area (Å²) in [7, 11) is 0. The van der Waals surface area contributed by atoms with Crippen molar-refractivity contribution in [2.24, 2.45) is 0 Å². The van der Waals surface area contributed by atoms with Crippen molar-refractivity contribution in [2.45, 2.75) is 6.42 Å². The van der Waals surface area contributed by atoms with Gasteiger partial charge >= 0.3 is 0 Å². The summed E-state index contributed by atoms with van der Waals surface area (Å²) in [6, 6.07) is 2.53. The van der Waals surface area contributed by atoms with Crippen LogP contribution in [0.15, 0.2) is 12.1 Å². The molecule has 1 aliphatic heterocycles. The molecule has 18 heavy (non-hydrogen) atoms. The van der Waals surface area contributed by atoms with Crippen LogP contribution >= 0.6 is 11.6 Å². The molecular formula is C12H11ClFNO3. The minimum absolute atomic E-state index is 0.00905. The Bertz CT molecular complexity index is 492. The molecule has 1 heterocycles. The van der Waals surface area contributed by atoms with Crippen LogP contribution in [0.1, 0.15) is 16.8 Å². The first kappa shape index (κ1) is 12.8. The lowest BCUT2D eigenvalue weighted by Gasteiger charge is -2.29. The van der Waals surface area contributed by atoms with E-state index >= 15 is 0 Å². The number of anilines is 1. The molecular weight excluding hydrogens is 261 g/mol. The van der Waals surface area contributed by atoms with E-state index in [0.717, 1.165) is 6.07 Å². The molecule has 1 aromatic rings. The summed E-state index contributed by atoms with van der Waals surface area (Å²) in [5, 5.41) is 0. The topological polar surface area (TPSA) is 46.6 Å². The zero-order valence-corrected chi connectivity index (χ0v) is 10.2. The van der Waals surface area contributed by atoms with Crippen LogP contribution in [0.2, 0.25) is 0 Å². The van der Waals surface area contributed by atoms with Crippen LogP contribution in [0.5, 0.6) is 5.75 Å². The third-order valence-corrected chi connectivity index (χ3v) is 2.90. The van der Waals surface area contributed by atoms with Gasteiger partial charge in [-0.1, -0.05) is 0 Å². The highest BCUT2D eigenvalue weighted by Gasteiger charge is 2.28. The second-order valence-corrected chi connectivity index (χ2v) is 4.22. The number of amides is 1. The molecule has 2 rings (SSSR count). The number of hydrogen-bond acceptors (Lipinski definition) is 3. The average molecular weight is 272 g/mol. The zero-order valence-electron chi connectivity index (χ0n) is 9.49. The molecule has 0 atom stereocenters. The van der Waals surface area contributed by atoms with E-state index in [4.69, 9.17) is 16.3 Å². The predicted octanol–water partition coefficient (Wildman–Crippen LogP) is 1.99. The van der Waals surface area contributed by atoms with Gasteiger partial charge in [-0.3, -0.25) is 9.59 Å². The second-order valence-electron chi connectivity index (χ2n) is 3.85. The molecule has 0 spiro atoms. The van der Waals surface area contributed by atoms with Gasteiger partial charge in [0, 0.05) is 18.0 Å². The highest BCUT2D eigenvalue weighted by atomic mass is 35.5. The van der Waals surface area contributed by atoms with E-state index in [0.29, 0.717) is 30.8 Å². The molecule has 1 amide bonds. The number of carbonyl (C=O) groups is 2. The molecule has 6 heteroatoms. The molecule has 0 unspecified atom stereocenters. The van der Waals surface area contributed by atoms with Gasteiger partial charge < -0.3 is 9.64 Å². The number of aldehydes is 1. The molecule has 0 saturated heterocycles. The minimum Gasteiger partial charge on any atom is -0.478 e. The summed E-state index contributed by atoms with van der Waals surface area (Å²) in [4.78, 5) is 23.8. The third-order valence-electron chi connectivity index (χ3n) is 2.63. The van der Waals surface area contributed by atoms with E-state index in [-0.39, 0.29) is 23.8 Å². The van der Waals surface area contributed by atoms with Crippen molar-refractivity contribution in [3.05, 3.63) is 23.5 Å². The summed E-state index contributed by atoms with van der Waals surface area (Å²) in [5.41, 5.74) is 0.457. The van der Waals surface area contributed by atoms with E-state index in [1.165, 1.54) is 11.0 Å². The number of alkyl halides is 1. The van der Waals surface area contributed by atoms with Gasteiger partial charge in [-0.05, 0) is 18.6 Å². The highest BCUT2D eigenvalue weighted by Crippen LogP contribution is 2.35. The van der Waals surface area contributed by atoms with E-state index in [1.807, 2.05) is 0 Å². The van der Waals surface area contributed by atoms with Crippen LogP contribution in [0.4, 0.5) is 10.1 Å². The number of ether oxygens (including phenoxy) is 1. The maximum Gasteiger partial charge on any atom is 0.265 e. The fourth-order valence-corrected chi connectivity index (χ4v) is 1.94. The summed E-state index contributed by atoms with van der Waals surface area (Å²) < 4.78 is 18.8. The first-order valence-electron chi connectivity index (χ1n) is 5.45. The number of benzene rings is 1. The van der Waals surface area contributed by atoms with Gasteiger partial charge in [0.15, 0.2) is 18.2 Å². The molecule has 0 fully saturated rings. The van der Waals surface area contributed by atoms with E-state index in [9.17, 15) is 14.0 Å². The molecule has 0 aromatic heterocycles. The molecule has 0 bridgehead atoms. The number of fused-ring (bicyclic) bond motifs is 1. The number of hydrogen-bond donors (Lipinski definition) is 0. The second kappa shape index (κ2) is 5.35. The van der Waals surface area contributed by atoms with E-state index in [2.05, 4.69) is 0 Å². The van der Waals surface area contributed by atoms with Crippen LogP contribution in [0.3, 0.4) is 0 Å². The molecule has 0 saturated carbocycles. The van der Waals surface area contributed by atoms with Crippen molar-refractivity contribution in [2.75, 3.05) is 23.9 Å². The minimum atomic E-state index is -0.641. The van der Waals surface area contributed by atoms with Gasteiger partial charge in [-0.25, -0.2) is 4.39 Å². The summed E-state index contributed by atoms with van der Waals surface area (Å²) in [6.07, 6.45) is 1.11. The summed E-state index contributed by atoms with van der Waals surface area (Å²) in [6.45, 7) is 0.174. The maximum absolute atomic E-state index is 13.7. The maximum atomic E-state index is 13.7. The van der Waals surface area contributed by atoms with E-state index < -0.39 is 5.82 Å². The lowest BCUT2D eigenvalue weighted by molar-refractivity contribution is -0.121. The monoisotopic (exact) mass is 271 g/mol. The quantitative estimate of drug-likeness (QED) is 0.621. The van der Waals surface area contributed by atoms with Gasteiger partial charge in [-0.15, -0.1) is 11.6 Å². The van der Waals surface area contributed by atoms with Crippen LogP contribution < -0.4 is 9.64 Å². The highest BCUT2D eigenvalue weighted by molar-refractivity contribution is 6.17. The summed E-state index contributed by atoms with van der Waals surface area (Å²) >= 11 is 5.59. The number of halogens is 2. The average Bonchev–Trinajstić information content (AvgIpc) is 2.37. The first-order valence-corrected chi connectivity index (χ1v) is 5.98. The SMILES string of the molecule is O=Cc1cc(F)c2c(c1)N(CCCCl)C(=O)CO2. The van der Waals surface area contributed by atoms with Crippen molar-refractivity contribution in [1.29, 1.82) is 0 Å². The normalized spacial score (nSPS) is 14.1. The third kappa shape index (κ3) is 2.31. The Hall–Kier alpha value is -1.62. The fourth-order valence-electron chi connectivity index (χ4n) is 1.82. The van der Waals surface area contributed by atoms with Crippen LogP contribution in [0.25, 0.3) is 0 Å². The van der Waals surface area contributed by atoms with Gasteiger partial charge in [0.1, 0.15) is 6.29 Å². The molecule has 96 valence electrons. The molecule has 0 N–H and O–H groups in total. The van der Waals surface area contributed by atoms with Gasteiger partial charge in [0.2, 0.25) is 0 Å². The smallest absolute Gasteiger partial charge is 0.265 e. The number of nitrogens with zero attached hydrogens (tertiary/aromatic N) is 1. The van der Waals surface area contributed by atoms with Crippen LogP contribution in [-0.4, -0.2) is 31.2 Å². The van der Waals surface area contributed by atoms with Crippen molar-refractivity contribution >= 4 is 29.5 Å². The van der Waals surface area contributed by atoms with Crippen LogP contribution in [0, 0.1) is 5.82 Å². The Balaban J connectivity index is 2.43. The number of rotatable bonds is 4. The van der Waals surface area contributed by atoms with Crippen LogP contribution in [-0.2, 0) is 4.79 Å². The van der Waals surface area contributed by atoms with Gasteiger partial charge in [0.05, 0.1) is 5.69 Å². The largest absolute Gasteiger partial charge is 0.478 e. The Labute approximate surface area is 108 Å². The first-order chi connectivity index (χ1) is 8.67. The Kier molecular flexibility index (Phi) is 3.81. The molecule has 0 aliphatic carbocycles. The Morgan fingerprint density at radius 2 is 2.28 bits per heavy atom. The van der Waals surface area contributed by atoms with Gasteiger partial charge in [0.25, 0.3) is 5.91 Å².